The predicted molar refractivity (Wildman–Crippen MR) is 33.3 cm³/mol. The van der Waals surface area contributed by atoms with Gasteiger partial charge in [-0.3, -0.25) is 0 Å². The number of carboxylic acids is 1. The lowest BCUT2D eigenvalue weighted by Crippen LogP contribution is -2.40. The molecule has 3 heteroatoms. The van der Waals surface area contributed by atoms with Gasteiger partial charge in [0, 0.05) is 5.97 Å². The molecule has 3 N–H and O–H groups in total. The van der Waals surface area contributed by atoms with Crippen molar-refractivity contribution >= 4 is 5.97 Å². The molecule has 0 saturated carbocycles. The van der Waals surface area contributed by atoms with Crippen molar-refractivity contribution in [3.05, 3.63) is 0 Å². The predicted octanol–water partition coefficient (Wildman–Crippen LogP) is -1.22. The van der Waals surface area contributed by atoms with Crippen molar-refractivity contribution < 1.29 is 15.6 Å². The van der Waals surface area contributed by atoms with Gasteiger partial charge in [-0.15, -0.1) is 0 Å². The van der Waals surface area contributed by atoms with Gasteiger partial charge in [-0.1, -0.05) is 13.3 Å². The van der Waals surface area contributed by atoms with Crippen LogP contribution >= 0.6 is 0 Å². The summed E-state index contributed by atoms with van der Waals surface area (Å²) < 4.78 is 0. The Bertz CT molecular complexity index is 64.1. The van der Waals surface area contributed by atoms with Crippen molar-refractivity contribution in [2.75, 3.05) is 7.05 Å². The Labute approximate surface area is 55.9 Å². The van der Waals surface area contributed by atoms with Crippen molar-refractivity contribution in [1.29, 1.82) is 0 Å². The van der Waals surface area contributed by atoms with Gasteiger partial charge >= 0.3 is 0 Å². The van der Waals surface area contributed by atoms with Crippen molar-refractivity contribution in [2.45, 2.75) is 26.2 Å². The topological polar surface area (TPSA) is 67.8 Å². The first kappa shape index (κ1) is 11.3. The largest absolute Gasteiger partial charge is 0.550 e. The average Bonchev–Trinajstić information content (AvgIpc) is 1.88. The van der Waals surface area contributed by atoms with Crippen LogP contribution in [0, 0.1) is 0 Å². The number of carboxylic acid groups (broad SMARTS) is 1. The molecule has 56 valence electrons. The number of hydrogen-bond acceptors (Lipinski definition) is 2. The van der Waals surface area contributed by atoms with Gasteiger partial charge in [0.05, 0.1) is 7.05 Å². The molecular weight excluding hydrogens is 118 g/mol. The molecule has 0 radical (unpaired) electrons. The second kappa shape index (κ2) is 10.4. The van der Waals surface area contributed by atoms with E-state index in [-0.39, 0.29) is 6.42 Å². The van der Waals surface area contributed by atoms with Crippen LogP contribution in [0.5, 0.6) is 0 Å². The number of hydrogen-bond donors (Lipinski definition) is 1. The molecule has 0 aromatic rings. The number of aliphatic carboxylic acids is 1. The molecule has 0 aliphatic carbocycles. The third-order valence-corrected chi connectivity index (χ3v) is 0.734. The quantitative estimate of drug-likeness (QED) is 0.524. The number of carbonyl (C=O) groups excluding carboxylic acids is 1. The molecule has 0 amide bonds. The first-order valence-electron chi connectivity index (χ1n) is 3.18. The van der Waals surface area contributed by atoms with Crippen LogP contribution in [0.4, 0.5) is 0 Å². The minimum absolute atomic E-state index is 0.205. The van der Waals surface area contributed by atoms with E-state index in [0.29, 0.717) is 0 Å². The Balaban J connectivity index is 0. The lowest BCUT2D eigenvalue weighted by atomic mass is 10.3. The maximum absolute atomic E-state index is 9.65. The zero-order chi connectivity index (χ0) is 7.70. The van der Waals surface area contributed by atoms with Gasteiger partial charge in [0.2, 0.25) is 0 Å². The molecule has 0 atom stereocenters. The lowest BCUT2D eigenvalue weighted by molar-refractivity contribution is -0.325. The third kappa shape index (κ3) is 18.6. The molecule has 0 aromatic carbocycles. The molecule has 0 aliphatic rings. The molecule has 0 saturated heterocycles. The summed E-state index contributed by atoms with van der Waals surface area (Å²) in [6.45, 7) is 1.95. The van der Waals surface area contributed by atoms with E-state index in [1.54, 1.807) is 7.05 Å². The monoisotopic (exact) mass is 133 g/mol. The first-order valence-corrected chi connectivity index (χ1v) is 3.18. The molecular formula is C6H15NO2. The van der Waals surface area contributed by atoms with Gasteiger partial charge in [0.1, 0.15) is 0 Å². The van der Waals surface area contributed by atoms with Crippen LogP contribution in [0.2, 0.25) is 0 Å². The molecule has 0 aromatic heterocycles. The highest BCUT2D eigenvalue weighted by Gasteiger charge is 1.80. The van der Waals surface area contributed by atoms with Crippen LogP contribution in [0.3, 0.4) is 0 Å². The highest BCUT2D eigenvalue weighted by atomic mass is 16.4. The van der Waals surface area contributed by atoms with E-state index < -0.39 is 5.97 Å². The van der Waals surface area contributed by atoms with Crippen molar-refractivity contribution in [3.63, 3.8) is 0 Å². The van der Waals surface area contributed by atoms with Crippen LogP contribution in [0.25, 0.3) is 0 Å². The maximum atomic E-state index is 9.65. The highest BCUT2D eigenvalue weighted by molar-refractivity contribution is 5.63. The summed E-state index contributed by atoms with van der Waals surface area (Å²) in [6, 6.07) is 0. The summed E-state index contributed by atoms with van der Waals surface area (Å²) in [5.41, 5.74) is 3.25. The van der Waals surface area contributed by atoms with Crippen LogP contribution < -0.4 is 10.8 Å². The Morgan fingerprint density at radius 2 is 2.00 bits per heavy atom. The van der Waals surface area contributed by atoms with E-state index in [0.717, 1.165) is 12.8 Å². The van der Waals surface area contributed by atoms with Crippen molar-refractivity contribution in [3.8, 4) is 0 Å². The maximum Gasteiger partial charge on any atom is 0.0634 e. The molecule has 0 fully saturated rings. The molecule has 0 unspecified atom stereocenters. The first-order chi connectivity index (χ1) is 4.27. The summed E-state index contributed by atoms with van der Waals surface area (Å²) in [5.74, 6) is -0.943. The van der Waals surface area contributed by atoms with E-state index in [4.69, 9.17) is 0 Å². The summed E-state index contributed by atoms with van der Waals surface area (Å²) in [5, 5.41) is 9.65. The van der Waals surface area contributed by atoms with Gasteiger partial charge in [-0.2, -0.15) is 0 Å². The molecule has 0 aliphatic heterocycles. The van der Waals surface area contributed by atoms with Crippen LogP contribution in [0.1, 0.15) is 26.2 Å². The van der Waals surface area contributed by atoms with E-state index in [9.17, 15) is 9.90 Å². The van der Waals surface area contributed by atoms with E-state index in [1.165, 1.54) is 0 Å². The Hall–Kier alpha value is -0.570. The zero-order valence-electron chi connectivity index (χ0n) is 6.14. The summed E-state index contributed by atoms with van der Waals surface area (Å²) in [4.78, 5) is 9.65. The summed E-state index contributed by atoms with van der Waals surface area (Å²) in [7, 11) is 1.75. The fourth-order valence-corrected chi connectivity index (χ4v) is 0.321. The second-order valence-corrected chi connectivity index (χ2v) is 1.48. The lowest BCUT2D eigenvalue weighted by Gasteiger charge is -1.95. The van der Waals surface area contributed by atoms with Gasteiger partial charge in [-0.05, 0) is 12.8 Å². The zero-order valence-corrected chi connectivity index (χ0v) is 6.14. The van der Waals surface area contributed by atoms with Crippen LogP contribution in [-0.2, 0) is 4.79 Å². The van der Waals surface area contributed by atoms with Gasteiger partial charge in [-0.25, -0.2) is 0 Å². The van der Waals surface area contributed by atoms with Gasteiger partial charge in [0.15, 0.2) is 0 Å². The summed E-state index contributed by atoms with van der Waals surface area (Å²) >= 11 is 0. The molecule has 0 bridgehead atoms. The average molecular weight is 133 g/mol. The molecule has 0 rings (SSSR count). The number of unbranched alkanes of at least 4 members (excludes halogenated alkanes) is 1. The van der Waals surface area contributed by atoms with Crippen LogP contribution in [0.15, 0.2) is 0 Å². The molecule has 0 spiro atoms. The second-order valence-electron chi connectivity index (χ2n) is 1.48. The Morgan fingerprint density at radius 1 is 1.56 bits per heavy atom. The molecule has 0 heterocycles. The van der Waals surface area contributed by atoms with E-state index in [1.807, 2.05) is 6.92 Å². The summed E-state index contributed by atoms with van der Waals surface area (Å²) in [6.07, 6.45) is 1.87. The van der Waals surface area contributed by atoms with Crippen molar-refractivity contribution in [1.82, 2.24) is 0 Å². The number of rotatable bonds is 3. The standard InChI is InChI=1S/C5H10O2.CH5N/c1-2-3-4-5(6)7;1-2/h2-4H2,1H3,(H,6,7);2H2,1H3. The Morgan fingerprint density at radius 3 is 2.11 bits per heavy atom. The van der Waals surface area contributed by atoms with Crippen molar-refractivity contribution in [2.24, 2.45) is 0 Å². The third-order valence-electron chi connectivity index (χ3n) is 0.734. The number of carbonyl (C=O) groups is 1. The van der Waals surface area contributed by atoms with E-state index in [2.05, 4.69) is 5.73 Å². The smallest absolute Gasteiger partial charge is 0.0634 e. The minimum Gasteiger partial charge on any atom is -0.550 e. The fraction of sp³-hybridized carbons (Fsp3) is 0.833. The molecule has 3 nitrogen and oxygen atoms in total. The minimum atomic E-state index is -0.943. The van der Waals surface area contributed by atoms with Gasteiger partial charge in [0.25, 0.3) is 0 Å². The van der Waals surface area contributed by atoms with E-state index >= 15 is 0 Å². The van der Waals surface area contributed by atoms with Crippen LogP contribution in [-0.4, -0.2) is 13.0 Å². The molecule has 9 heavy (non-hydrogen) atoms. The normalized spacial score (nSPS) is 7.44. The number of quaternary nitrogens is 1. The van der Waals surface area contributed by atoms with Gasteiger partial charge < -0.3 is 15.6 Å². The fourth-order valence-electron chi connectivity index (χ4n) is 0.321. The highest BCUT2D eigenvalue weighted by Crippen LogP contribution is 1.89. The SMILES string of the molecule is CCCCC(=O)[O-].C[NH3+]. The Kier molecular flexibility index (Phi) is 13.0.